The Morgan fingerprint density at radius 1 is 0.703 bits per heavy atom. The van der Waals surface area contributed by atoms with Gasteiger partial charge in [-0.25, -0.2) is 0 Å². The van der Waals surface area contributed by atoms with Gasteiger partial charge in [0.25, 0.3) is 0 Å². The molecule has 1 fully saturated rings. The largest absolute Gasteiger partial charge is 0.488 e. The molecule has 0 spiro atoms. The molecule has 4 aromatic carbocycles. The molecule has 0 radical (unpaired) electrons. The van der Waals surface area contributed by atoms with Crippen LogP contribution in [0.25, 0.3) is 11.1 Å². The fourth-order valence-corrected chi connectivity index (χ4v) is 8.32. The van der Waals surface area contributed by atoms with Gasteiger partial charge >= 0.3 is 5.97 Å². The number of aliphatic carboxylic acids is 1. The number of nitriles is 2. The van der Waals surface area contributed by atoms with E-state index < -0.39 is 11.9 Å². The van der Waals surface area contributed by atoms with Gasteiger partial charge in [0.2, 0.25) is 0 Å². The van der Waals surface area contributed by atoms with Crippen LogP contribution in [0.1, 0.15) is 75.4 Å². The molecule has 11 nitrogen and oxygen atoms in total. The van der Waals surface area contributed by atoms with Crippen molar-refractivity contribution >= 4 is 29.2 Å². The second kappa shape index (κ2) is 21.2. The van der Waals surface area contributed by atoms with Crippen molar-refractivity contribution in [3.05, 3.63) is 163 Å². The van der Waals surface area contributed by atoms with Crippen LogP contribution in [-0.2, 0) is 44.2 Å². The van der Waals surface area contributed by atoms with Gasteiger partial charge in [-0.1, -0.05) is 66.5 Å². The lowest BCUT2D eigenvalue weighted by molar-refractivity contribution is -0.143. The molecule has 1 N–H and O–H groups in total. The maximum atomic E-state index is 11.8. The number of hydrogen-bond donors (Lipinski definition) is 1. The highest BCUT2D eigenvalue weighted by molar-refractivity contribution is 6.32. The Kier molecular flexibility index (Phi) is 15.0. The van der Waals surface area contributed by atoms with E-state index in [-0.39, 0.29) is 26.4 Å². The van der Waals surface area contributed by atoms with Crippen molar-refractivity contribution in [2.24, 2.45) is 5.92 Å². The van der Waals surface area contributed by atoms with Crippen molar-refractivity contribution in [2.45, 2.75) is 73.0 Å². The first-order valence-corrected chi connectivity index (χ1v) is 21.8. The maximum Gasteiger partial charge on any atom is 0.307 e. The van der Waals surface area contributed by atoms with E-state index in [1.54, 1.807) is 30.6 Å². The summed E-state index contributed by atoms with van der Waals surface area (Å²) >= 11 is 13.6. The van der Waals surface area contributed by atoms with Crippen LogP contribution in [0.4, 0.5) is 0 Å². The minimum Gasteiger partial charge on any atom is -0.488 e. The summed E-state index contributed by atoms with van der Waals surface area (Å²) in [7, 11) is 0. The number of halogens is 2. The summed E-state index contributed by atoms with van der Waals surface area (Å²) in [5.41, 5.74) is 10.3. The summed E-state index contributed by atoms with van der Waals surface area (Å²) in [6.45, 7) is 8.74. The lowest BCUT2D eigenvalue weighted by Crippen LogP contribution is -2.38. The smallest absolute Gasteiger partial charge is 0.307 e. The fourth-order valence-electron chi connectivity index (χ4n) is 7.84. The van der Waals surface area contributed by atoms with Gasteiger partial charge in [0.05, 0.1) is 27.1 Å². The zero-order chi connectivity index (χ0) is 45.2. The second-order valence-corrected chi connectivity index (χ2v) is 16.6. The maximum absolute atomic E-state index is 11.8. The summed E-state index contributed by atoms with van der Waals surface area (Å²) < 4.78 is 25.3. The SMILES string of the molecule is CCc1cc(Cl)c(OCc2cccc(-c3cccc(COc4cc(OCc5cncc(C#N)c5)c(CN5CCCC(C(=O)O)C5)cc4Cl)c3C)c2C)cc1OCc1cncc(C#N)c1. The molecule has 1 unspecified atom stereocenters. The molecule has 1 atom stereocenters. The monoisotopic (exact) mass is 895 g/mol. The Morgan fingerprint density at radius 2 is 1.20 bits per heavy atom. The Morgan fingerprint density at radius 3 is 1.70 bits per heavy atom. The molecule has 13 heteroatoms. The third kappa shape index (κ3) is 11.1. The zero-order valence-corrected chi connectivity index (χ0v) is 37.4. The van der Waals surface area contributed by atoms with Crippen molar-refractivity contribution in [1.29, 1.82) is 10.5 Å². The van der Waals surface area contributed by atoms with E-state index in [1.807, 2.05) is 49.4 Å². The number of carboxylic acid groups (broad SMARTS) is 1. The van der Waals surface area contributed by atoms with Crippen LogP contribution < -0.4 is 18.9 Å². The zero-order valence-electron chi connectivity index (χ0n) is 35.9. The number of carboxylic acids is 1. The molecule has 3 heterocycles. The highest BCUT2D eigenvalue weighted by Gasteiger charge is 2.26. The van der Waals surface area contributed by atoms with Gasteiger partial charge in [0.1, 0.15) is 61.6 Å². The lowest BCUT2D eigenvalue weighted by Gasteiger charge is -2.31. The Hall–Kier alpha value is -6.63. The molecule has 7 rings (SSSR count). The van der Waals surface area contributed by atoms with Crippen LogP contribution in [0.3, 0.4) is 0 Å². The summed E-state index contributed by atoms with van der Waals surface area (Å²) in [6.07, 6.45) is 8.49. The van der Waals surface area contributed by atoms with E-state index in [2.05, 4.69) is 53.0 Å². The first-order valence-electron chi connectivity index (χ1n) is 21.0. The number of aryl methyl sites for hydroxylation is 1. The first kappa shape index (κ1) is 45.4. The van der Waals surface area contributed by atoms with Gasteiger partial charge in [0.15, 0.2) is 0 Å². The number of likely N-dealkylation sites (tertiary alicyclic amines) is 1. The van der Waals surface area contributed by atoms with Crippen LogP contribution in [0, 0.1) is 42.4 Å². The number of benzene rings is 4. The van der Waals surface area contributed by atoms with Crippen molar-refractivity contribution in [3.63, 3.8) is 0 Å². The summed E-state index contributed by atoms with van der Waals surface area (Å²) in [5, 5.41) is 29.3. The molecule has 1 aliphatic heterocycles. The predicted octanol–water partition coefficient (Wildman–Crippen LogP) is 11.0. The van der Waals surface area contributed by atoms with Crippen molar-refractivity contribution in [2.75, 3.05) is 13.1 Å². The standard InChI is InChI=1S/C51H47Cl2N5O6/c1-4-38-16-45(52)49(18-47(38)61-28-36-14-34(20-54)22-56-24-36)63-30-40-8-5-11-43(32(40)2)44-12-6-9-41(33(44)3)31-64-50-19-48(62-29-37-15-35(21-55)23-57-25-37)42(17-46(50)53)27-58-13-7-10-39(26-58)51(59)60/h5-6,8-9,11-12,14-19,22-25,39H,4,7,10,13,26-31H2,1-3H3,(H,59,60). The number of pyridine rings is 2. The Labute approximate surface area is 383 Å². The van der Waals surface area contributed by atoms with E-state index in [9.17, 15) is 20.4 Å². The van der Waals surface area contributed by atoms with Crippen molar-refractivity contribution in [3.8, 4) is 46.3 Å². The Bertz CT molecular complexity index is 2750. The number of aromatic nitrogens is 2. The minimum absolute atomic E-state index is 0.158. The third-order valence-electron chi connectivity index (χ3n) is 11.4. The first-order chi connectivity index (χ1) is 31.0. The van der Waals surface area contributed by atoms with Gasteiger partial charge in [-0.2, -0.15) is 10.5 Å². The summed E-state index contributed by atoms with van der Waals surface area (Å²) in [4.78, 5) is 22.2. The van der Waals surface area contributed by atoms with E-state index in [0.717, 1.165) is 68.6 Å². The Balaban J connectivity index is 1.07. The van der Waals surface area contributed by atoms with Crippen molar-refractivity contribution < 1.29 is 28.8 Å². The number of hydrogen-bond acceptors (Lipinski definition) is 10. The lowest BCUT2D eigenvalue weighted by atomic mass is 9.92. The molecule has 1 aliphatic rings. The predicted molar refractivity (Wildman–Crippen MR) is 245 cm³/mol. The van der Waals surface area contributed by atoms with Gasteiger partial charge in [-0.3, -0.25) is 19.7 Å². The molecule has 0 bridgehead atoms. The molecule has 64 heavy (non-hydrogen) atoms. The van der Waals surface area contributed by atoms with E-state index in [4.69, 9.17) is 42.1 Å². The van der Waals surface area contributed by atoms with Crippen LogP contribution in [0.15, 0.2) is 97.6 Å². The molecular weight excluding hydrogens is 849 g/mol. The molecule has 0 amide bonds. The third-order valence-corrected chi connectivity index (χ3v) is 12.0. The van der Waals surface area contributed by atoms with Crippen LogP contribution in [0.5, 0.6) is 23.0 Å². The van der Waals surface area contributed by atoms with Gasteiger partial charge in [-0.05, 0) is 103 Å². The quantitative estimate of drug-likeness (QED) is 0.0931. The molecule has 6 aromatic rings. The highest BCUT2D eigenvalue weighted by Crippen LogP contribution is 2.38. The van der Waals surface area contributed by atoms with E-state index in [1.165, 1.54) is 12.4 Å². The summed E-state index contributed by atoms with van der Waals surface area (Å²) in [5.74, 6) is 0.916. The minimum atomic E-state index is -0.792. The molecule has 1 saturated heterocycles. The van der Waals surface area contributed by atoms with Gasteiger partial charge < -0.3 is 24.1 Å². The molecule has 0 saturated carbocycles. The average molecular weight is 897 g/mol. The van der Waals surface area contributed by atoms with Crippen molar-refractivity contribution in [1.82, 2.24) is 14.9 Å². The number of rotatable bonds is 17. The number of carbonyl (C=O) groups is 1. The summed E-state index contributed by atoms with van der Waals surface area (Å²) in [6, 6.07) is 27.3. The molecule has 0 aliphatic carbocycles. The van der Waals surface area contributed by atoms with E-state index in [0.29, 0.717) is 70.1 Å². The second-order valence-electron chi connectivity index (χ2n) is 15.8. The molecule has 2 aromatic heterocycles. The van der Waals surface area contributed by atoms with Gasteiger partial charge in [0, 0.05) is 66.7 Å². The van der Waals surface area contributed by atoms with Gasteiger partial charge in [-0.15, -0.1) is 0 Å². The van der Waals surface area contributed by atoms with Crippen LogP contribution in [-0.4, -0.2) is 39.0 Å². The molecular formula is C51H47Cl2N5O6. The van der Waals surface area contributed by atoms with Crippen LogP contribution in [0.2, 0.25) is 10.0 Å². The number of piperidine rings is 1. The number of ether oxygens (including phenoxy) is 4. The van der Waals surface area contributed by atoms with E-state index >= 15 is 0 Å². The fraction of sp³-hybridized carbons (Fsp3) is 0.275. The van der Waals surface area contributed by atoms with Crippen LogP contribution >= 0.6 is 23.2 Å². The average Bonchev–Trinajstić information content (AvgIpc) is 3.31. The number of nitrogens with zero attached hydrogens (tertiary/aromatic N) is 5. The molecule has 326 valence electrons. The normalized spacial score (nSPS) is 13.7. The topological polar surface area (TPSA) is 151 Å². The highest BCUT2D eigenvalue weighted by atomic mass is 35.5.